The van der Waals surface area contributed by atoms with Crippen molar-refractivity contribution >= 4 is 34.8 Å². The predicted octanol–water partition coefficient (Wildman–Crippen LogP) is 2.23. The number of methoxy groups -OCH3 is 1. The van der Waals surface area contributed by atoms with E-state index < -0.39 is 11.8 Å². The number of ether oxygens (including phenoxy) is 1. The number of hydrogen-bond donors (Lipinski definition) is 3. The Balaban J connectivity index is 2.01. The van der Waals surface area contributed by atoms with Gasteiger partial charge in [0.15, 0.2) is 0 Å². The van der Waals surface area contributed by atoms with E-state index in [1.807, 2.05) is 0 Å². The largest absolute Gasteiger partial charge is 0.497 e. The number of carbonyl (C=O) groups excluding carboxylic acids is 3. The van der Waals surface area contributed by atoms with Gasteiger partial charge in [0.05, 0.1) is 7.11 Å². The number of benzene rings is 2. The zero-order valence-electron chi connectivity index (χ0n) is 13.3. The van der Waals surface area contributed by atoms with E-state index in [1.165, 1.54) is 14.0 Å². The van der Waals surface area contributed by atoms with Gasteiger partial charge in [0.2, 0.25) is 5.91 Å². The first-order valence-electron chi connectivity index (χ1n) is 7.12. The second-order valence-electron chi connectivity index (χ2n) is 4.90. The van der Waals surface area contributed by atoms with Gasteiger partial charge in [0.1, 0.15) is 5.75 Å². The zero-order chi connectivity index (χ0) is 17.5. The van der Waals surface area contributed by atoms with E-state index in [0.717, 1.165) is 0 Å². The molecule has 7 heteroatoms. The Hall–Kier alpha value is -3.35. The molecule has 2 aromatic rings. The molecule has 0 spiro atoms. The summed E-state index contributed by atoms with van der Waals surface area (Å²) in [5, 5.41) is 7.55. The summed E-state index contributed by atoms with van der Waals surface area (Å²) >= 11 is 0. The molecule has 0 atom stereocenters. The number of carbonyl (C=O) groups is 3. The molecule has 2 rings (SSSR count). The minimum atomic E-state index is -0.821. The van der Waals surface area contributed by atoms with Crippen LogP contribution in [0.4, 0.5) is 17.1 Å². The molecule has 3 amide bonds. The SMILES string of the molecule is COc1cccc(NC(=O)C(=O)Nc2cccc(NC(C)=O)c2)c1. The fraction of sp³-hybridized carbons (Fsp3) is 0.118. The van der Waals surface area contributed by atoms with Gasteiger partial charge in [-0.05, 0) is 30.3 Å². The molecule has 124 valence electrons. The Morgan fingerprint density at radius 3 is 1.83 bits per heavy atom. The van der Waals surface area contributed by atoms with Crippen LogP contribution in [0.2, 0.25) is 0 Å². The van der Waals surface area contributed by atoms with Crippen LogP contribution in [0.1, 0.15) is 6.92 Å². The molecule has 3 N–H and O–H groups in total. The zero-order valence-corrected chi connectivity index (χ0v) is 13.3. The quantitative estimate of drug-likeness (QED) is 0.750. The lowest BCUT2D eigenvalue weighted by atomic mass is 10.2. The van der Waals surface area contributed by atoms with Crippen molar-refractivity contribution < 1.29 is 19.1 Å². The molecule has 7 nitrogen and oxygen atoms in total. The highest BCUT2D eigenvalue weighted by Gasteiger charge is 2.14. The fourth-order valence-electron chi connectivity index (χ4n) is 1.95. The summed E-state index contributed by atoms with van der Waals surface area (Å²) in [5.74, 6) is -1.29. The Labute approximate surface area is 139 Å². The fourth-order valence-corrected chi connectivity index (χ4v) is 1.95. The minimum Gasteiger partial charge on any atom is -0.497 e. The van der Waals surface area contributed by atoms with Crippen LogP contribution in [-0.2, 0) is 14.4 Å². The minimum absolute atomic E-state index is 0.228. The molecule has 0 aliphatic heterocycles. The molecule has 0 bridgehead atoms. The third kappa shape index (κ3) is 4.84. The molecule has 2 aromatic carbocycles. The summed E-state index contributed by atoms with van der Waals surface area (Å²) in [4.78, 5) is 34.9. The molecular weight excluding hydrogens is 310 g/mol. The second kappa shape index (κ2) is 7.77. The molecule has 0 fully saturated rings. The lowest BCUT2D eigenvalue weighted by Gasteiger charge is -2.09. The summed E-state index contributed by atoms with van der Waals surface area (Å²) in [6.45, 7) is 1.38. The third-order valence-corrected chi connectivity index (χ3v) is 2.97. The summed E-state index contributed by atoms with van der Waals surface area (Å²) in [6.07, 6.45) is 0. The van der Waals surface area contributed by atoms with Crippen molar-refractivity contribution in [2.75, 3.05) is 23.1 Å². The summed E-state index contributed by atoms with van der Waals surface area (Å²) in [6, 6.07) is 13.2. The Bertz CT molecular complexity index is 774. The lowest BCUT2D eigenvalue weighted by molar-refractivity contribution is -0.132. The summed E-state index contributed by atoms with van der Waals surface area (Å²) in [7, 11) is 1.51. The molecule has 24 heavy (non-hydrogen) atoms. The summed E-state index contributed by atoms with van der Waals surface area (Å²) < 4.78 is 5.05. The van der Waals surface area contributed by atoms with Crippen LogP contribution in [0.3, 0.4) is 0 Å². The van der Waals surface area contributed by atoms with E-state index in [-0.39, 0.29) is 5.91 Å². The van der Waals surface area contributed by atoms with E-state index in [1.54, 1.807) is 48.5 Å². The van der Waals surface area contributed by atoms with Crippen LogP contribution >= 0.6 is 0 Å². The summed E-state index contributed by atoms with van der Waals surface area (Å²) in [5.41, 5.74) is 1.36. The number of hydrogen-bond acceptors (Lipinski definition) is 4. The molecule has 0 radical (unpaired) electrons. The van der Waals surface area contributed by atoms with E-state index in [2.05, 4.69) is 16.0 Å². The monoisotopic (exact) mass is 327 g/mol. The van der Waals surface area contributed by atoms with Gasteiger partial charge >= 0.3 is 11.8 Å². The lowest BCUT2D eigenvalue weighted by Crippen LogP contribution is -2.29. The van der Waals surface area contributed by atoms with E-state index in [9.17, 15) is 14.4 Å². The Kier molecular flexibility index (Phi) is 5.51. The normalized spacial score (nSPS) is 9.75. The van der Waals surface area contributed by atoms with Crippen molar-refractivity contribution in [1.82, 2.24) is 0 Å². The van der Waals surface area contributed by atoms with Crippen LogP contribution in [0.5, 0.6) is 5.75 Å². The second-order valence-corrected chi connectivity index (χ2v) is 4.90. The number of rotatable bonds is 4. The molecule has 0 saturated heterocycles. The van der Waals surface area contributed by atoms with Crippen LogP contribution in [0, 0.1) is 0 Å². The molecular formula is C17H17N3O4. The maximum Gasteiger partial charge on any atom is 0.314 e. The van der Waals surface area contributed by atoms with Gasteiger partial charge in [-0.2, -0.15) is 0 Å². The van der Waals surface area contributed by atoms with Crippen LogP contribution in [0.15, 0.2) is 48.5 Å². The van der Waals surface area contributed by atoms with Crippen molar-refractivity contribution in [2.45, 2.75) is 6.92 Å². The van der Waals surface area contributed by atoms with Crippen molar-refractivity contribution in [3.05, 3.63) is 48.5 Å². The topological polar surface area (TPSA) is 96.5 Å². The molecule has 0 aliphatic carbocycles. The first-order chi connectivity index (χ1) is 11.5. The predicted molar refractivity (Wildman–Crippen MR) is 91.0 cm³/mol. The van der Waals surface area contributed by atoms with Gasteiger partial charge in [0, 0.05) is 30.1 Å². The van der Waals surface area contributed by atoms with Crippen LogP contribution < -0.4 is 20.7 Å². The highest BCUT2D eigenvalue weighted by Crippen LogP contribution is 2.17. The molecule has 0 aromatic heterocycles. The van der Waals surface area contributed by atoms with Gasteiger partial charge in [-0.15, -0.1) is 0 Å². The van der Waals surface area contributed by atoms with Crippen molar-refractivity contribution in [3.63, 3.8) is 0 Å². The highest BCUT2D eigenvalue weighted by molar-refractivity contribution is 6.43. The van der Waals surface area contributed by atoms with E-state index >= 15 is 0 Å². The van der Waals surface area contributed by atoms with Gasteiger partial charge < -0.3 is 20.7 Å². The standard InChI is InChI=1S/C17H17N3O4/c1-11(21)18-12-5-3-6-13(9-12)19-16(22)17(23)20-14-7-4-8-15(10-14)24-2/h3-10H,1-2H3,(H,18,21)(H,19,22)(H,20,23). The van der Waals surface area contributed by atoms with Crippen LogP contribution in [-0.4, -0.2) is 24.8 Å². The number of amides is 3. The van der Waals surface area contributed by atoms with Crippen molar-refractivity contribution in [3.8, 4) is 5.75 Å². The third-order valence-electron chi connectivity index (χ3n) is 2.97. The first kappa shape index (κ1) is 17.0. The Morgan fingerprint density at radius 2 is 1.29 bits per heavy atom. The van der Waals surface area contributed by atoms with Crippen LogP contribution in [0.25, 0.3) is 0 Å². The van der Waals surface area contributed by atoms with Gasteiger partial charge in [-0.25, -0.2) is 0 Å². The maximum atomic E-state index is 12.0. The molecule has 0 saturated carbocycles. The maximum absolute atomic E-state index is 12.0. The van der Waals surface area contributed by atoms with E-state index in [0.29, 0.717) is 22.8 Å². The van der Waals surface area contributed by atoms with Crippen molar-refractivity contribution in [2.24, 2.45) is 0 Å². The van der Waals surface area contributed by atoms with Gasteiger partial charge in [-0.3, -0.25) is 14.4 Å². The van der Waals surface area contributed by atoms with Gasteiger partial charge in [-0.1, -0.05) is 12.1 Å². The average Bonchev–Trinajstić information content (AvgIpc) is 2.54. The molecule has 0 heterocycles. The van der Waals surface area contributed by atoms with E-state index in [4.69, 9.17) is 4.74 Å². The Morgan fingerprint density at radius 1 is 0.792 bits per heavy atom. The van der Waals surface area contributed by atoms with Gasteiger partial charge in [0.25, 0.3) is 0 Å². The molecule has 0 aliphatic rings. The van der Waals surface area contributed by atoms with Crippen molar-refractivity contribution in [1.29, 1.82) is 0 Å². The highest BCUT2D eigenvalue weighted by atomic mass is 16.5. The molecule has 0 unspecified atom stereocenters. The number of nitrogens with one attached hydrogen (secondary N) is 3. The number of anilines is 3. The smallest absolute Gasteiger partial charge is 0.314 e. The first-order valence-corrected chi connectivity index (χ1v) is 7.12. The average molecular weight is 327 g/mol.